The van der Waals surface area contributed by atoms with Crippen molar-refractivity contribution in [3.63, 3.8) is 0 Å². The molecule has 2 N–H and O–H groups in total. The Kier molecular flexibility index (Phi) is 6.73. The summed E-state index contributed by atoms with van der Waals surface area (Å²) >= 11 is 0. The quantitative estimate of drug-likeness (QED) is 0.490. The number of methoxy groups -OCH3 is 2. The lowest BCUT2D eigenvalue weighted by molar-refractivity contribution is -0.134. The Morgan fingerprint density at radius 2 is 1.37 bits per heavy atom. The SMILES string of the molecule is COc1ccc(C2(c3ccc(OC)cc3)NC(=O)N(CC(=O)NCc3ccc(C)cc3)C2=O)cc1. The molecule has 1 aliphatic rings. The van der Waals surface area contributed by atoms with Crippen molar-refractivity contribution in [1.29, 1.82) is 0 Å². The van der Waals surface area contributed by atoms with E-state index < -0.39 is 29.9 Å². The molecule has 3 aromatic rings. The zero-order valence-electron chi connectivity index (χ0n) is 19.8. The van der Waals surface area contributed by atoms with Crippen LogP contribution >= 0.6 is 0 Å². The number of amides is 4. The van der Waals surface area contributed by atoms with Gasteiger partial charge in [0, 0.05) is 6.54 Å². The highest BCUT2D eigenvalue weighted by molar-refractivity contribution is 6.11. The summed E-state index contributed by atoms with van der Waals surface area (Å²) in [4.78, 5) is 40.4. The fourth-order valence-electron chi connectivity index (χ4n) is 4.07. The molecule has 0 spiro atoms. The van der Waals surface area contributed by atoms with E-state index in [9.17, 15) is 14.4 Å². The van der Waals surface area contributed by atoms with Gasteiger partial charge in [-0.05, 0) is 47.9 Å². The standard InChI is InChI=1S/C27H27N3O5/c1-18-4-6-19(7-5-18)16-28-24(31)17-30-25(32)27(29-26(30)33,20-8-12-22(34-2)13-9-20)21-10-14-23(35-3)15-11-21/h4-15H,16-17H2,1-3H3,(H,28,31)(H,29,33). The highest BCUT2D eigenvalue weighted by Crippen LogP contribution is 2.37. The maximum Gasteiger partial charge on any atom is 0.326 e. The minimum Gasteiger partial charge on any atom is -0.497 e. The van der Waals surface area contributed by atoms with Crippen LogP contribution in [0, 0.1) is 6.92 Å². The number of nitrogens with one attached hydrogen (secondary N) is 2. The Labute approximate surface area is 203 Å². The molecule has 0 radical (unpaired) electrons. The normalized spacial score (nSPS) is 14.4. The molecule has 8 nitrogen and oxygen atoms in total. The number of carbonyl (C=O) groups excluding carboxylic acids is 3. The van der Waals surface area contributed by atoms with Gasteiger partial charge in [0.05, 0.1) is 14.2 Å². The van der Waals surface area contributed by atoms with E-state index in [2.05, 4.69) is 10.6 Å². The molecule has 0 aliphatic carbocycles. The fourth-order valence-corrected chi connectivity index (χ4v) is 4.07. The van der Waals surface area contributed by atoms with E-state index in [4.69, 9.17) is 9.47 Å². The topological polar surface area (TPSA) is 97.0 Å². The lowest BCUT2D eigenvalue weighted by atomic mass is 9.82. The van der Waals surface area contributed by atoms with Crippen LogP contribution in [0.2, 0.25) is 0 Å². The molecular formula is C27H27N3O5. The molecule has 0 bridgehead atoms. The van der Waals surface area contributed by atoms with E-state index >= 15 is 0 Å². The lowest BCUT2D eigenvalue weighted by Gasteiger charge is -2.28. The van der Waals surface area contributed by atoms with Crippen molar-refractivity contribution in [2.24, 2.45) is 0 Å². The third kappa shape index (κ3) is 4.68. The van der Waals surface area contributed by atoms with Gasteiger partial charge in [-0.1, -0.05) is 54.1 Å². The predicted octanol–water partition coefficient (Wildman–Crippen LogP) is 3.12. The predicted molar refractivity (Wildman–Crippen MR) is 130 cm³/mol. The van der Waals surface area contributed by atoms with Crippen molar-refractivity contribution in [2.75, 3.05) is 20.8 Å². The number of hydrogen-bond acceptors (Lipinski definition) is 5. The second-order valence-corrected chi connectivity index (χ2v) is 8.29. The number of benzene rings is 3. The van der Waals surface area contributed by atoms with Crippen LogP contribution in [0.25, 0.3) is 0 Å². The van der Waals surface area contributed by atoms with Crippen LogP contribution in [0.1, 0.15) is 22.3 Å². The number of aryl methyl sites for hydroxylation is 1. The van der Waals surface area contributed by atoms with E-state index in [0.29, 0.717) is 29.2 Å². The highest BCUT2D eigenvalue weighted by atomic mass is 16.5. The highest BCUT2D eigenvalue weighted by Gasteiger charge is 2.54. The summed E-state index contributed by atoms with van der Waals surface area (Å²) in [5.41, 5.74) is 1.64. The maximum absolute atomic E-state index is 13.8. The largest absolute Gasteiger partial charge is 0.497 e. The van der Waals surface area contributed by atoms with Crippen LogP contribution in [0.3, 0.4) is 0 Å². The third-order valence-electron chi connectivity index (χ3n) is 6.06. The fraction of sp³-hybridized carbons (Fsp3) is 0.222. The average Bonchev–Trinajstić information content (AvgIpc) is 3.14. The second-order valence-electron chi connectivity index (χ2n) is 8.29. The van der Waals surface area contributed by atoms with E-state index in [1.165, 1.54) is 0 Å². The van der Waals surface area contributed by atoms with E-state index in [-0.39, 0.29) is 0 Å². The number of urea groups is 1. The molecular weight excluding hydrogens is 446 g/mol. The first kappa shape index (κ1) is 23.8. The number of nitrogens with zero attached hydrogens (tertiary/aromatic N) is 1. The van der Waals surface area contributed by atoms with Crippen LogP contribution in [0.15, 0.2) is 72.8 Å². The van der Waals surface area contributed by atoms with Crippen LogP contribution in [0.4, 0.5) is 4.79 Å². The first-order valence-electron chi connectivity index (χ1n) is 11.1. The number of hydrogen-bond donors (Lipinski definition) is 2. The molecule has 4 amide bonds. The Hall–Kier alpha value is -4.33. The summed E-state index contributed by atoms with van der Waals surface area (Å²) in [7, 11) is 3.10. The molecule has 0 saturated carbocycles. The molecule has 0 unspecified atom stereocenters. The van der Waals surface area contributed by atoms with Crippen LogP contribution in [-0.4, -0.2) is 43.5 Å². The molecule has 0 atom stereocenters. The molecule has 4 rings (SSSR count). The summed E-state index contributed by atoms with van der Waals surface area (Å²) in [6.07, 6.45) is 0. The summed E-state index contributed by atoms with van der Waals surface area (Å²) in [5, 5.41) is 5.61. The summed E-state index contributed by atoms with van der Waals surface area (Å²) in [6.45, 7) is 1.88. The Bertz CT molecular complexity index is 1170. The van der Waals surface area contributed by atoms with E-state index in [1.54, 1.807) is 62.8 Å². The van der Waals surface area contributed by atoms with Gasteiger partial charge in [-0.25, -0.2) is 4.79 Å². The first-order chi connectivity index (χ1) is 16.9. The van der Waals surface area contributed by atoms with Crippen molar-refractivity contribution in [1.82, 2.24) is 15.5 Å². The van der Waals surface area contributed by atoms with Gasteiger partial charge in [0.25, 0.3) is 5.91 Å². The molecule has 8 heteroatoms. The van der Waals surface area contributed by atoms with Gasteiger partial charge in [-0.15, -0.1) is 0 Å². The lowest BCUT2D eigenvalue weighted by Crippen LogP contribution is -2.46. The Balaban J connectivity index is 1.61. The molecule has 0 aromatic heterocycles. The molecule has 1 saturated heterocycles. The number of imide groups is 1. The minimum absolute atomic E-state index is 0.296. The summed E-state index contributed by atoms with van der Waals surface area (Å²) in [6, 6.07) is 20.9. The van der Waals surface area contributed by atoms with Crippen molar-refractivity contribution in [2.45, 2.75) is 19.0 Å². The van der Waals surface area contributed by atoms with Crippen LogP contribution < -0.4 is 20.1 Å². The van der Waals surface area contributed by atoms with Crippen molar-refractivity contribution in [3.8, 4) is 11.5 Å². The molecule has 1 aliphatic heterocycles. The van der Waals surface area contributed by atoms with Crippen LogP contribution in [-0.2, 0) is 21.7 Å². The van der Waals surface area contributed by atoms with E-state index in [0.717, 1.165) is 16.0 Å². The van der Waals surface area contributed by atoms with Crippen LogP contribution in [0.5, 0.6) is 11.5 Å². The molecule has 1 heterocycles. The van der Waals surface area contributed by atoms with Gasteiger partial charge in [0.2, 0.25) is 5.91 Å². The number of rotatable bonds is 8. The summed E-state index contributed by atoms with van der Waals surface area (Å²) < 4.78 is 10.5. The van der Waals surface area contributed by atoms with Gasteiger partial charge in [-0.2, -0.15) is 0 Å². The first-order valence-corrected chi connectivity index (χ1v) is 11.1. The Morgan fingerprint density at radius 1 is 0.857 bits per heavy atom. The third-order valence-corrected chi connectivity index (χ3v) is 6.06. The average molecular weight is 474 g/mol. The molecule has 35 heavy (non-hydrogen) atoms. The van der Waals surface area contributed by atoms with Crippen molar-refractivity contribution >= 4 is 17.8 Å². The van der Waals surface area contributed by atoms with Gasteiger partial charge >= 0.3 is 6.03 Å². The monoisotopic (exact) mass is 473 g/mol. The number of carbonyl (C=O) groups is 3. The van der Waals surface area contributed by atoms with Gasteiger partial charge in [0.15, 0.2) is 5.54 Å². The van der Waals surface area contributed by atoms with Crippen molar-refractivity contribution < 1.29 is 23.9 Å². The molecule has 1 fully saturated rings. The molecule has 3 aromatic carbocycles. The van der Waals surface area contributed by atoms with Gasteiger partial charge < -0.3 is 20.1 Å². The van der Waals surface area contributed by atoms with E-state index in [1.807, 2.05) is 31.2 Å². The molecule has 180 valence electrons. The zero-order chi connectivity index (χ0) is 25.0. The maximum atomic E-state index is 13.8. The van der Waals surface area contributed by atoms with Gasteiger partial charge in [-0.3, -0.25) is 14.5 Å². The van der Waals surface area contributed by atoms with Crippen molar-refractivity contribution in [3.05, 3.63) is 95.1 Å². The van der Waals surface area contributed by atoms with Gasteiger partial charge in [0.1, 0.15) is 18.0 Å². The second kappa shape index (κ2) is 9.89. The minimum atomic E-state index is -1.49. The zero-order valence-corrected chi connectivity index (χ0v) is 19.8. The summed E-state index contributed by atoms with van der Waals surface area (Å²) in [5.74, 6) is 0.253. The number of ether oxygens (including phenoxy) is 2. The Morgan fingerprint density at radius 3 is 1.86 bits per heavy atom. The smallest absolute Gasteiger partial charge is 0.326 e.